The number of aryl methyl sites for hydroxylation is 1. The van der Waals surface area contributed by atoms with Gasteiger partial charge >= 0.3 is 12.4 Å². The lowest BCUT2D eigenvalue weighted by Gasteiger charge is -2.12. The highest BCUT2D eigenvalue weighted by atomic mass is 19.4. The zero-order valence-corrected chi connectivity index (χ0v) is 17.0. The lowest BCUT2D eigenvalue weighted by atomic mass is 10.3. The van der Waals surface area contributed by atoms with Gasteiger partial charge in [-0.15, -0.1) is 0 Å². The average Bonchev–Trinajstić information content (AvgIpc) is 3.17. The first-order chi connectivity index (χ1) is 16.0. The maximum Gasteiger partial charge on any atom is 0.433 e. The Morgan fingerprint density at radius 2 is 1.47 bits per heavy atom. The van der Waals surface area contributed by atoms with Gasteiger partial charge in [0, 0.05) is 25.0 Å². The molecular weight excluding hydrogens is 468 g/mol. The molecule has 0 spiro atoms. The first-order valence-electron chi connectivity index (χ1n) is 9.35. The maximum absolute atomic E-state index is 13.1. The minimum absolute atomic E-state index is 0.0528. The van der Waals surface area contributed by atoms with Crippen molar-refractivity contribution in [3.8, 4) is 11.5 Å². The summed E-state index contributed by atoms with van der Waals surface area (Å²) in [6, 6.07) is 6.74. The van der Waals surface area contributed by atoms with Crippen molar-refractivity contribution < 1.29 is 26.3 Å². The number of pyridine rings is 2. The molecule has 176 valence electrons. The Hall–Kier alpha value is -4.30. The zero-order chi connectivity index (χ0) is 24.5. The fraction of sp³-hybridized carbons (Fsp3) is 0.158. The SMILES string of the molecule is Cn1nccc1Nc1nc(Nc2ccnc(C(F)(F)F)c2)nc(-c2cccc(C(F)(F)F)n2)n1. The lowest BCUT2D eigenvalue weighted by Crippen LogP contribution is -2.11. The van der Waals surface area contributed by atoms with Crippen LogP contribution >= 0.6 is 0 Å². The first-order valence-corrected chi connectivity index (χ1v) is 9.35. The number of hydrogen-bond acceptors (Lipinski definition) is 8. The van der Waals surface area contributed by atoms with E-state index in [1.807, 2.05) is 0 Å². The second kappa shape index (κ2) is 8.57. The molecule has 0 saturated heterocycles. The van der Waals surface area contributed by atoms with Crippen LogP contribution in [0.4, 0.5) is 49.7 Å². The topological polar surface area (TPSA) is 106 Å². The number of nitrogens with one attached hydrogen (secondary N) is 2. The van der Waals surface area contributed by atoms with Gasteiger partial charge in [0.05, 0.1) is 6.20 Å². The molecule has 9 nitrogen and oxygen atoms in total. The van der Waals surface area contributed by atoms with E-state index < -0.39 is 23.7 Å². The van der Waals surface area contributed by atoms with E-state index in [4.69, 9.17) is 0 Å². The summed E-state index contributed by atoms with van der Waals surface area (Å²) in [5.74, 6) is -0.171. The van der Waals surface area contributed by atoms with Gasteiger partial charge in [0.25, 0.3) is 0 Å². The van der Waals surface area contributed by atoms with Gasteiger partial charge in [-0.3, -0.25) is 9.67 Å². The van der Waals surface area contributed by atoms with E-state index in [1.54, 1.807) is 13.1 Å². The highest BCUT2D eigenvalue weighted by Crippen LogP contribution is 2.31. The quantitative estimate of drug-likeness (QED) is 0.399. The Labute approximate surface area is 186 Å². The molecule has 4 heterocycles. The Kier molecular flexibility index (Phi) is 5.76. The fourth-order valence-electron chi connectivity index (χ4n) is 2.72. The van der Waals surface area contributed by atoms with Gasteiger partial charge in [-0.2, -0.15) is 46.4 Å². The average molecular weight is 481 g/mol. The predicted molar refractivity (Wildman–Crippen MR) is 107 cm³/mol. The molecule has 4 aromatic rings. The molecule has 0 fully saturated rings. The number of alkyl halides is 6. The molecule has 4 aromatic heterocycles. The van der Waals surface area contributed by atoms with E-state index >= 15 is 0 Å². The molecule has 15 heteroatoms. The van der Waals surface area contributed by atoms with Crippen LogP contribution in [0.2, 0.25) is 0 Å². The highest BCUT2D eigenvalue weighted by molar-refractivity contribution is 5.61. The second-order valence-electron chi connectivity index (χ2n) is 6.73. The molecule has 0 saturated carbocycles. The minimum atomic E-state index is -4.70. The molecule has 0 aliphatic heterocycles. The number of nitrogens with zero attached hydrogens (tertiary/aromatic N) is 7. The van der Waals surface area contributed by atoms with E-state index in [-0.39, 0.29) is 29.1 Å². The van der Waals surface area contributed by atoms with E-state index in [0.717, 1.165) is 24.4 Å². The minimum Gasteiger partial charge on any atom is -0.324 e. The summed E-state index contributed by atoms with van der Waals surface area (Å²) < 4.78 is 79.7. The maximum atomic E-state index is 13.1. The van der Waals surface area contributed by atoms with Gasteiger partial charge in [-0.05, 0) is 24.3 Å². The largest absolute Gasteiger partial charge is 0.433 e. The van der Waals surface area contributed by atoms with Gasteiger partial charge in [0.15, 0.2) is 5.82 Å². The van der Waals surface area contributed by atoms with E-state index in [0.29, 0.717) is 5.82 Å². The van der Waals surface area contributed by atoms with Crippen molar-refractivity contribution in [3.63, 3.8) is 0 Å². The van der Waals surface area contributed by atoms with Crippen molar-refractivity contribution in [3.05, 3.63) is 60.2 Å². The molecule has 0 atom stereocenters. The summed E-state index contributed by atoms with van der Waals surface area (Å²) in [7, 11) is 1.62. The van der Waals surface area contributed by atoms with Crippen molar-refractivity contribution in [2.24, 2.45) is 7.05 Å². The Morgan fingerprint density at radius 3 is 2.12 bits per heavy atom. The standard InChI is InChI=1S/C19H13F6N9/c1-34-14(6-8-27-34)30-17-32-15(11-3-2-4-12(29-11)18(20,21)22)31-16(33-17)28-10-5-7-26-13(9-10)19(23,24)25/h2-9H,1H3,(H2,26,28,30,31,32,33). The predicted octanol–water partition coefficient (Wildman–Crippen LogP) is 4.59. The first kappa shape index (κ1) is 22.9. The van der Waals surface area contributed by atoms with E-state index in [2.05, 4.69) is 40.7 Å². The summed E-state index contributed by atoms with van der Waals surface area (Å²) in [4.78, 5) is 19.1. The van der Waals surface area contributed by atoms with Crippen LogP contribution in [0.25, 0.3) is 11.5 Å². The number of hydrogen-bond donors (Lipinski definition) is 2. The Morgan fingerprint density at radius 1 is 0.765 bits per heavy atom. The molecule has 0 bridgehead atoms. The number of halogens is 6. The van der Waals surface area contributed by atoms with Crippen LogP contribution in [0.5, 0.6) is 0 Å². The van der Waals surface area contributed by atoms with Crippen LogP contribution in [0.3, 0.4) is 0 Å². The highest BCUT2D eigenvalue weighted by Gasteiger charge is 2.33. The molecule has 0 amide bonds. The fourth-order valence-corrected chi connectivity index (χ4v) is 2.72. The third-order valence-electron chi connectivity index (χ3n) is 4.27. The van der Waals surface area contributed by atoms with Gasteiger partial charge in [-0.25, -0.2) is 4.98 Å². The van der Waals surface area contributed by atoms with Crippen LogP contribution < -0.4 is 10.6 Å². The van der Waals surface area contributed by atoms with Crippen LogP contribution in [0.1, 0.15) is 11.4 Å². The van der Waals surface area contributed by atoms with Crippen molar-refractivity contribution in [2.75, 3.05) is 10.6 Å². The van der Waals surface area contributed by atoms with E-state index in [1.165, 1.54) is 23.0 Å². The molecule has 2 N–H and O–H groups in total. The summed E-state index contributed by atoms with van der Waals surface area (Å²) in [5.41, 5.74) is -2.59. The van der Waals surface area contributed by atoms with Gasteiger partial charge in [0.2, 0.25) is 11.9 Å². The van der Waals surface area contributed by atoms with Crippen LogP contribution in [-0.4, -0.2) is 34.7 Å². The number of anilines is 4. The van der Waals surface area contributed by atoms with Crippen molar-refractivity contribution >= 4 is 23.4 Å². The molecule has 0 aliphatic rings. The third kappa shape index (κ3) is 5.19. The summed E-state index contributed by atoms with van der Waals surface area (Å²) in [6.07, 6.45) is -6.97. The molecule has 0 radical (unpaired) electrons. The number of aromatic nitrogens is 7. The smallest absolute Gasteiger partial charge is 0.324 e. The molecule has 0 aliphatic carbocycles. The van der Waals surface area contributed by atoms with Crippen LogP contribution in [-0.2, 0) is 19.4 Å². The van der Waals surface area contributed by atoms with Crippen LogP contribution in [0, 0.1) is 0 Å². The van der Waals surface area contributed by atoms with Gasteiger partial charge in [0.1, 0.15) is 22.9 Å². The molecular formula is C19H13F6N9. The van der Waals surface area contributed by atoms with Crippen molar-refractivity contribution in [1.29, 1.82) is 0 Å². The summed E-state index contributed by atoms with van der Waals surface area (Å²) in [6.45, 7) is 0. The number of rotatable bonds is 5. The van der Waals surface area contributed by atoms with Gasteiger partial charge < -0.3 is 10.6 Å². The molecule has 0 unspecified atom stereocenters. The Bertz CT molecular complexity index is 1320. The van der Waals surface area contributed by atoms with Crippen molar-refractivity contribution in [2.45, 2.75) is 12.4 Å². The monoisotopic (exact) mass is 481 g/mol. The molecule has 4 rings (SSSR count). The summed E-state index contributed by atoms with van der Waals surface area (Å²) >= 11 is 0. The second-order valence-corrected chi connectivity index (χ2v) is 6.73. The van der Waals surface area contributed by atoms with Crippen molar-refractivity contribution in [1.82, 2.24) is 34.7 Å². The molecule has 0 aromatic carbocycles. The zero-order valence-electron chi connectivity index (χ0n) is 17.0. The van der Waals surface area contributed by atoms with E-state index in [9.17, 15) is 26.3 Å². The molecule has 34 heavy (non-hydrogen) atoms. The third-order valence-corrected chi connectivity index (χ3v) is 4.27. The summed E-state index contributed by atoms with van der Waals surface area (Å²) in [5, 5.41) is 9.39. The Balaban J connectivity index is 1.76. The van der Waals surface area contributed by atoms with Crippen LogP contribution in [0.15, 0.2) is 48.8 Å². The lowest BCUT2D eigenvalue weighted by molar-refractivity contribution is -0.141. The van der Waals surface area contributed by atoms with Gasteiger partial charge in [-0.1, -0.05) is 6.07 Å². The normalized spacial score (nSPS) is 12.0.